The molecule has 89 valence electrons. The van der Waals surface area contributed by atoms with Crippen LogP contribution in [-0.4, -0.2) is 18.0 Å². The van der Waals surface area contributed by atoms with Crippen LogP contribution in [0.5, 0.6) is 0 Å². The van der Waals surface area contributed by atoms with Crippen molar-refractivity contribution in [3.63, 3.8) is 0 Å². The van der Waals surface area contributed by atoms with Gasteiger partial charge in [-0.15, -0.1) is 0 Å². The Hall–Kier alpha value is -0.930. The fourth-order valence-corrected chi connectivity index (χ4v) is 0.439. The molecule has 0 saturated carbocycles. The van der Waals surface area contributed by atoms with Gasteiger partial charge in [-0.2, -0.15) is 44.6 Å². The summed E-state index contributed by atoms with van der Waals surface area (Å²) in [4.78, 5) is 0. The highest BCUT2D eigenvalue weighted by atomic mass is 19.4. The first-order chi connectivity index (χ1) is 6.35. The Bertz CT molecular complexity index is 271. The highest BCUT2D eigenvalue weighted by molar-refractivity contribution is 5.12. The van der Waals surface area contributed by atoms with E-state index in [1.54, 1.807) is 0 Å². The van der Waals surface area contributed by atoms with Crippen molar-refractivity contribution in [1.82, 2.24) is 0 Å². The Morgan fingerprint density at radius 3 is 1.33 bits per heavy atom. The van der Waals surface area contributed by atoms with E-state index in [0.29, 0.717) is 0 Å². The van der Waals surface area contributed by atoms with Crippen molar-refractivity contribution in [3.05, 3.63) is 11.9 Å². The van der Waals surface area contributed by atoms with Gasteiger partial charge in [0, 0.05) is 0 Å². The molecule has 0 fully saturated rings. The Balaban J connectivity index is 5.49. The molecule has 0 rings (SSSR count). The van der Waals surface area contributed by atoms with E-state index in [4.69, 9.17) is 0 Å². The second-order valence-electron chi connectivity index (χ2n) is 2.24. The van der Waals surface area contributed by atoms with Gasteiger partial charge in [-0.25, -0.2) is 0 Å². The monoisotopic (exact) mass is 247 g/mol. The zero-order chi connectivity index (χ0) is 12.7. The minimum Gasteiger partial charge on any atom is -0.199 e. The van der Waals surface area contributed by atoms with Crippen molar-refractivity contribution in [2.75, 3.05) is 0 Å². The number of allylic oxidation sites excluding steroid dienone is 1. The lowest BCUT2D eigenvalue weighted by atomic mass is 10.1. The van der Waals surface area contributed by atoms with Crippen molar-refractivity contribution in [2.24, 2.45) is 0 Å². The number of halogens is 9. The number of alkyl halides is 6. The molecule has 0 atom stereocenters. The Morgan fingerprint density at radius 2 is 1.13 bits per heavy atom. The summed E-state index contributed by atoms with van der Waals surface area (Å²) in [6.45, 7) is 0. The molecule has 0 amide bonds. The summed E-state index contributed by atoms with van der Waals surface area (Å²) in [5.41, 5.74) is 0. The molecule has 0 aromatic heterocycles. The smallest absolute Gasteiger partial charge is 0.199 e. The number of rotatable bonds is 3. The van der Waals surface area contributed by atoms with Crippen LogP contribution in [0.4, 0.5) is 39.5 Å². The van der Waals surface area contributed by atoms with Crippen molar-refractivity contribution >= 4 is 0 Å². The first-order valence-electron chi connectivity index (χ1n) is 2.90. The summed E-state index contributed by atoms with van der Waals surface area (Å²) in [7, 11) is 0. The lowest BCUT2D eigenvalue weighted by Gasteiger charge is -2.26. The molecule has 0 spiro atoms. The van der Waals surface area contributed by atoms with E-state index < -0.39 is 29.9 Å². The van der Waals surface area contributed by atoms with Crippen LogP contribution >= 0.6 is 0 Å². The van der Waals surface area contributed by atoms with Gasteiger partial charge in [0.15, 0.2) is 0 Å². The van der Waals surface area contributed by atoms with Crippen molar-refractivity contribution in [2.45, 2.75) is 18.0 Å². The van der Waals surface area contributed by atoms with Crippen LogP contribution in [0.1, 0.15) is 0 Å². The summed E-state index contributed by atoms with van der Waals surface area (Å²) in [6.07, 6.45) is -10.5. The zero-order valence-electron chi connectivity index (χ0n) is 6.31. The maximum atomic E-state index is 12.0. The maximum Gasteiger partial charge on any atom is 0.452 e. The van der Waals surface area contributed by atoms with Crippen molar-refractivity contribution in [3.8, 4) is 0 Å². The molecule has 0 aliphatic heterocycles. The first-order valence-corrected chi connectivity index (χ1v) is 2.90. The Morgan fingerprint density at radius 1 is 0.800 bits per heavy atom. The van der Waals surface area contributed by atoms with Gasteiger partial charge in [-0.1, -0.05) is 0 Å². The SMILES string of the molecule is [O]C(F)(F)C(F)(F)C(F)(F)C(F)=C(F)F. The second-order valence-corrected chi connectivity index (χ2v) is 2.24. The number of hydrogen-bond donors (Lipinski definition) is 0. The van der Waals surface area contributed by atoms with Gasteiger partial charge in [0.2, 0.25) is 5.83 Å². The van der Waals surface area contributed by atoms with Gasteiger partial charge in [0.05, 0.1) is 0 Å². The minimum absolute atomic E-state index is 3.91. The minimum atomic E-state index is -6.80. The van der Waals surface area contributed by atoms with Crippen molar-refractivity contribution < 1.29 is 44.6 Å². The summed E-state index contributed by atoms with van der Waals surface area (Å²) in [5.74, 6) is -17.4. The van der Waals surface area contributed by atoms with E-state index in [-0.39, 0.29) is 0 Å². The van der Waals surface area contributed by atoms with Gasteiger partial charge >= 0.3 is 24.0 Å². The molecule has 0 aromatic rings. The van der Waals surface area contributed by atoms with E-state index in [1.807, 2.05) is 0 Å². The molecule has 0 bridgehead atoms. The lowest BCUT2D eigenvalue weighted by molar-refractivity contribution is -0.399. The van der Waals surface area contributed by atoms with E-state index >= 15 is 0 Å². The highest BCUT2D eigenvalue weighted by Crippen LogP contribution is 2.49. The second kappa shape index (κ2) is 3.58. The quantitative estimate of drug-likeness (QED) is 0.681. The zero-order valence-corrected chi connectivity index (χ0v) is 6.31. The Kier molecular flexibility index (Phi) is 3.36. The topological polar surface area (TPSA) is 19.9 Å². The molecule has 0 aliphatic carbocycles. The standard InChI is InChI=1S/C5F9O/c6-1(2(7)8)3(9,10)4(11,12)5(13,14)15. The van der Waals surface area contributed by atoms with Gasteiger partial charge in [0.25, 0.3) is 0 Å². The molecule has 1 nitrogen and oxygen atoms in total. The average molecular weight is 247 g/mol. The normalized spacial score (nSPS) is 14.0. The molecule has 0 unspecified atom stereocenters. The van der Waals surface area contributed by atoms with Crippen LogP contribution in [0, 0.1) is 0 Å². The molecule has 0 aliphatic rings. The van der Waals surface area contributed by atoms with Gasteiger partial charge in [-0.05, 0) is 0 Å². The molecule has 0 N–H and O–H groups in total. The number of hydrogen-bond acceptors (Lipinski definition) is 0. The van der Waals surface area contributed by atoms with Crippen LogP contribution in [0.25, 0.3) is 0 Å². The summed E-state index contributed by atoms with van der Waals surface area (Å²) >= 11 is 0. The fourth-order valence-electron chi connectivity index (χ4n) is 0.439. The summed E-state index contributed by atoms with van der Waals surface area (Å²) < 4.78 is 105. The van der Waals surface area contributed by atoms with Crippen molar-refractivity contribution in [1.29, 1.82) is 0 Å². The first kappa shape index (κ1) is 14.1. The molecule has 10 heteroatoms. The van der Waals surface area contributed by atoms with Crippen LogP contribution in [0.2, 0.25) is 0 Å². The van der Waals surface area contributed by atoms with Crippen LogP contribution in [-0.2, 0) is 5.11 Å². The summed E-state index contributed by atoms with van der Waals surface area (Å²) in [5, 5.41) is 9.30. The van der Waals surface area contributed by atoms with E-state index in [2.05, 4.69) is 0 Å². The molecule has 1 radical (unpaired) electrons. The molecule has 0 aromatic carbocycles. The van der Waals surface area contributed by atoms with E-state index in [1.165, 1.54) is 0 Å². The average Bonchev–Trinajstić information content (AvgIpc) is 2.00. The summed E-state index contributed by atoms with van der Waals surface area (Å²) in [6, 6.07) is 0. The fraction of sp³-hybridized carbons (Fsp3) is 0.600. The molecular formula is C5F9O. The van der Waals surface area contributed by atoms with Gasteiger partial charge in [0.1, 0.15) is 0 Å². The largest absolute Gasteiger partial charge is 0.452 e. The van der Waals surface area contributed by atoms with Gasteiger partial charge < -0.3 is 0 Å². The highest BCUT2D eigenvalue weighted by Gasteiger charge is 2.75. The van der Waals surface area contributed by atoms with Crippen LogP contribution in [0.15, 0.2) is 11.9 Å². The molecule has 0 saturated heterocycles. The molecule has 0 heterocycles. The van der Waals surface area contributed by atoms with Crippen LogP contribution in [0.3, 0.4) is 0 Å². The van der Waals surface area contributed by atoms with E-state index in [9.17, 15) is 44.6 Å². The third-order valence-electron chi connectivity index (χ3n) is 1.20. The van der Waals surface area contributed by atoms with E-state index in [0.717, 1.165) is 0 Å². The Labute approximate surface area is 75.8 Å². The molecule has 15 heavy (non-hydrogen) atoms. The third-order valence-corrected chi connectivity index (χ3v) is 1.20. The predicted octanol–water partition coefficient (Wildman–Crippen LogP) is 3.36. The molecular weight excluding hydrogens is 247 g/mol. The van der Waals surface area contributed by atoms with Crippen LogP contribution < -0.4 is 0 Å². The lowest BCUT2D eigenvalue weighted by Crippen LogP contribution is -2.53. The maximum absolute atomic E-state index is 12.0. The van der Waals surface area contributed by atoms with Gasteiger partial charge in [-0.3, -0.25) is 0 Å². The third kappa shape index (κ3) is 2.19. The predicted molar refractivity (Wildman–Crippen MR) is 25.9 cm³/mol.